The van der Waals surface area contributed by atoms with E-state index in [0.29, 0.717) is 0 Å². The van der Waals surface area contributed by atoms with Crippen molar-refractivity contribution >= 4 is 103 Å². The molecule has 0 amide bonds. The van der Waals surface area contributed by atoms with E-state index in [1.807, 2.05) is 35.7 Å². The second-order valence-electron chi connectivity index (χ2n) is 11.2. The highest BCUT2D eigenvalue weighted by Gasteiger charge is 2.20. The van der Waals surface area contributed by atoms with Crippen molar-refractivity contribution in [3.63, 3.8) is 0 Å². The van der Waals surface area contributed by atoms with E-state index >= 15 is 0 Å². The summed E-state index contributed by atoms with van der Waals surface area (Å²) < 4.78 is 15.4. The van der Waals surface area contributed by atoms with Gasteiger partial charge in [0, 0.05) is 65.2 Å². The highest BCUT2D eigenvalue weighted by Crippen LogP contribution is 2.43. The van der Waals surface area contributed by atoms with Crippen LogP contribution in [0.2, 0.25) is 0 Å². The molecule has 0 saturated heterocycles. The molecule has 0 radical (unpaired) electrons. The highest BCUT2D eigenvalue weighted by molar-refractivity contribution is 7.25. The summed E-state index contributed by atoms with van der Waals surface area (Å²) in [7, 11) is 0. The zero-order chi connectivity index (χ0) is 28.8. The van der Waals surface area contributed by atoms with Crippen molar-refractivity contribution in [1.29, 1.82) is 0 Å². The number of fused-ring (bicyclic) bond motifs is 11. The predicted molar refractivity (Wildman–Crippen MR) is 184 cm³/mol. The summed E-state index contributed by atoms with van der Waals surface area (Å²) in [6.45, 7) is 0. The summed E-state index contributed by atoms with van der Waals surface area (Å²) in [6.07, 6.45) is 1.95. The first kappa shape index (κ1) is 23.9. The van der Waals surface area contributed by atoms with Gasteiger partial charge in [0.25, 0.3) is 0 Å². The molecular formula is C39H22N2O2S. The third-order valence-corrected chi connectivity index (χ3v) is 9.83. The SMILES string of the molecule is c1ccc2c(c1)ccc1c3ncc(N(c4ccc5c(c4)oc4ccccc45)c4ccc5sc6ccccc6c5c4)cc3oc21. The minimum absolute atomic E-state index is 0.755. The Hall–Kier alpha value is -5.65. The van der Waals surface area contributed by atoms with Gasteiger partial charge >= 0.3 is 0 Å². The van der Waals surface area contributed by atoms with Gasteiger partial charge in [-0.25, -0.2) is 4.98 Å². The highest BCUT2D eigenvalue weighted by atomic mass is 32.1. The Morgan fingerprint density at radius 3 is 2.14 bits per heavy atom. The van der Waals surface area contributed by atoms with Crippen molar-refractivity contribution in [2.24, 2.45) is 0 Å². The lowest BCUT2D eigenvalue weighted by atomic mass is 10.1. The molecule has 4 heterocycles. The standard InChI is InChI=1S/C39H22N2O2S/c1-2-8-27-23(7-1)13-16-31-38-35(43-39(27)31)21-26(22-40-38)41(24-15-18-37-32(19-24)30-10-4-6-12-36(30)44-37)25-14-17-29-28-9-3-5-11-33(28)42-34(29)20-25/h1-22H. The second-order valence-corrected chi connectivity index (χ2v) is 12.3. The van der Waals surface area contributed by atoms with E-state index in [1.165, 1.54) is 20.2 Å². The number of nitrogens with zero attached hydrogens (tertiary/aromatic N) is 2. The number of benzene rings is 6. The number of furan rings is 2. The van der Waals surface area contributed by atoms with E-state index in [1.54, 1.807) is 0 Å². The zero-order valence-corrected chi connectivity index (χ0v) is 24.1. The van der Waals surface area contributed by atoms with Gasteiger partial charge < -0.3 is 13.7 Å². The minimum atomic E-state index is 0.755. The van der Waals surface area contributed by atoms with Gasteiger partial charge in [-0.1, -0.05) is 66.7 Å². The second kappa shape index (κ2) is 8.93. The molecule has 5 heteroatoms. The zero-order valence-electron chi connectivity index (χ0n) is 23.3. The number of thiophene rings is 1. The molecule has 0 unspecified atom stereocenters. The maximum atomic E-state index is 6.55. The number of pyridine rings is 1. The molecule has 10 aromatic rings. The molecule has 0 aliphatic carbocycles. The number of aromatic nitrogens is 1. The Labute approximate surface area is 255 Å². The molecule has 6 aromatic carbocycles. The summed E-state index contributed by atoms with van der Waals surface area (Å²) in [4.78, 5) is 7.24. The quantitative estimate of drug-likeness (QED) is 0.208. The normalized spacial score (nSPS) is 12.1. The monoisotopic (exact) mass is 582 g/mol. The summed E-state index contributed by atoms with van der Waals surface area (Å²) in [5.74, 6) is 0. The van der Waals surface area contributed by atoms with Crippen LogP contribution in [0.5, 0.6) is 0 Å². The van der Waals surface area contributed by atoms with Crippen LogP contribution in [0.4, 0.5) is 17.1 Å². The Balaban J connectivity index is 1.22. The van der Waals surface area contributed by atoms with Crippen LogP contribution < -0.4 is 4.90 Å². The molecular weight excluding hydrogens is 561 g/mol. The first-order valence-corrected chi connectivity index (χ1v) is 15.4. The lowest BCUT2D eigenvalue weighted by molar-refractivity contribution is 0.669. The van der Waals surface area contributed by atoms with Crippen LogP contribution in [0.3, 0.4) is 0 Å². The molecule has 0 fully saturated rings. The number of hydrogen-bond acceptors (Lipinski definition) is 5. The molecule has 0 saturated carbocycles. The Bertz CT molecular complexity index is 2750. The van der Waals surface area contributed by atoms with Crippen LogP contribution in [0, 0.1) is 0 Å². The van der Waals surface area contributed by atoms with Crippen LogP contribution in [0.15, 0.2) is 142 Å². The fraction of sp³-hybridized carbons (Fsp3) is 0. The predicted octanol–water partition coefficient (Wildman–Crippen LogP) is 11.9. The molecule has 10 rings (SSSR count). The van der Waals surface area contributed by atoms with Gasteiger partial charge in [-0.05, 0) is 53.9 Å². The molecule has 0 aliphatic heterocycles. The molecule has 0 atom stereocenters. The topological polar surface area (TPSA) is 42.4 Å². The summed E-state index contributed by atoms with van der Waals surface area (Å²) in [6, 6.07) is 44.6. The third-order valence-electron chi connectivity index (χ3n) is 8.68. The van der Waals surface area contributed by atoms with Crippen LogP contribution in [0.25, 0.3) is 75.0 Å². The summed E-state index contributed by atoms with van der Waals surface area (Å²) >= 11 is 1.82. The Morgan fingerprint density at radius 2 is 1.18 bits per heavy atom. The Kier molecular flexibility index (Phi) is 4.84. The van der Waals surface area contributed by atoms with E-state index < -0.39 is 0 Å². The first-order valence-electron chi connectivity index (χ1n) is 14.6. The van der Waals surface area contributed by atoms with E-state index in [2.05, 4.69) is 114 Å². The Morgan fingerprint density at radius 1 is 0.477 bits per heavy atom. The fourth-order valence-corrected chi connectivity index (χ4v) is 7.73. The van der Waals surface area contributed by atoms with Gasteiger partial charge in [-0.3, -0.25) is 0 Å². The van der Waals surface area contributed by atoms with Gasteiger partial charge in [-0.15, -0.1) is 11.3 Å². The molecule has 44 heavy (non-hydrogen) atoms. The van der Waals surface area contributed by atoms with Crippen molar-refractivity contribution in [3.05, 3.63) is 134 Å². The molecule has 206 valence electrons. The molecule has 0 N–H and O–H groups in total. The summed E-state index contributed by atoms with van der Waals surface area (Å²) in [5.41, 5.74) is 7.15. The number of para-hydroxylation sites is 1. The first-order chi connectivity index (χ1) is 21.8. The largest absolute Gasteiger partial charge is 0.456 e. The third kappa shape index (κ3) is 3.41. The average molecular weight is 583 g/mol. The van der Waals surface area contributed by atoms with Crippen molar-refractivity contribution in [2.75, 3.05) is 4.90 Å². The number of rotatable bonds is 3. The van der Waals surface area contributed by atoms with Gasteiger partial charge in [0.2, 0.25) is 0 Å². The van der Waals surface area contributed by atoms with E-state index in [4.69, 9.17) is 13.8 Å². The van der Waals surface area contributed by atoms with Crippen molar-refractivity contribution in [2.45, 2.75) is 0 Å². The van der Waals surface area contributed by atoms with Crippen LogP contribution >= 0.6 is 11.3 Å². The van der Waals surface area contributed by atoms with Gasteiger partial charge in [0.1, 0.15) is 22.3 Å². The molecule has 0 spiro atoms. The molecule has 4 nitrogen and oxygen atoms in total. The maximum absolute atomic E-state index is 6.55. The van der Waals surface area contributed by atoms with Crippen molar-refractivity contribution in [3.8, 4) is 0 Å². The van der Waals surface area contributed by atoms with E-state index in [9.17, 15) is 0 Å². The maximum Gasteiger partial charge on any atom is 0.155 e. The van der Waals surface area contributed by atoms with Gasteiger partial charge in [-0.2, -0.15) is 0 Å². The van der Waals surface area contributed by atoms with Crippen LogP contribution in [-0.2, 0) is 0 Å². The average Bonchev–Trinajstić information content (AvgIpc) is 3.75. The minimum Gasteiger partial charge on any atom is -0.456 e. The lowest BCUT2D eigenvalue weighted by Gasteiger charge is -2.25. The van der Waals surface area contributed by atoms with Gasteiger partial charge in [0.05, 0.1) is 11.9 Å². The smallest absolute Gasteiger partial charge is 0.155 e. The molecule has 0 bridgehead atoms. The fourth-order valence-electron chi connectivity index (χ4n) is 6.64. The van der Waals surface area contributed by atoms with E-state index in [-0.39, 0.29) is 0 Å². The molecule has 0 aliphatic rings. The van der Waals surface area contributed by atoms with Crippen LogP contribution in [0.1, 0.15) is 0 Å². The van der Waals surface area contributed by atoms with E-state index in [0.717, 1.165) is 71.8 Å². The lowest BCUT2D eigenvalue weighted by Crippen LogP contribution is -2.10. The van der Waals surface area contributed by atoms with Gasteiger partial charge in [0.15, 0.2) is 5.58 Å². The number of anilines is 3. The van der Waals surface area contributed by atoms with Crippen molar-refractivity contribution in [1.82, 2.24) is 4.98 Å². The van der Waals surface area contributed by atoms with Crippen molar-refractivity contribution < 1.29 is 8.83 Å². The van der Waals surface area contributed by atoms with Crippen LogP contribution in [-0.4, -0.2) is 4.98 Å². The number of hydrogen-bond donors (Lipinski definition) is 0. The molecule has 4 aromatic heterocycles. The summed E-state index contributed by atoms with van der Waals surface area (Å²) in [5, 5.41) is 7.97.